The molecule has 0 radical (unpaired) electrons. The first-order chi connectivity index (χ1) is 15.6. The number of hydrogen-bond donors (Lipinski definition) is 1. The molecule has 0 fully saturated rings. The molecule has 1 N–H and O–H groups in total. The van der Waals surface area contributed by atoms with Gasteiger partial charge in [0.25, 0.3) is 5.91 Å². The van der Waals surface area contributed by atoms with Crippen LogP contribution in [-0.4, -0.2) is 30.3 Å². The summed E-state index contributed by atoms with van der Waals surface area (Å²) in [4.78, 5) is 13.1. The van der Waals surface area contributed by atoms with E-state index >= 15 is 0 Å². The topological polar surface area (TPSA) is 86.5 Å². The summed E-state index contributed by atoms with van der Waals surface area (Å²) in [6.45, 7) is 0. The average molecular weight is 450 g/mol. The van der Waals surface area contributed by atoms with Gasteiger partial charge in [-0.2, -0.15) is 0 Å². The molecule has 4 aromatic rings. The molecule has 0 saturated heterocycles. The van der Waals surface area contributed by atoms with Crippen molar-refractivity contribution < 1.29 is 18.7 Å². The summed E-state index contributed by atoms with van der Waals surface area (Å²) in [5.74, 6) is 1.25. The Morgan fingerprint density at radius 2 is 1.59 bits per heavy atom. The van der Waals surface area contributed by atoms with Crippen molar-refractivity contribution in [2.24, 2.45) is 0 Å². The van der Waals surface area contributed by atoms with Crippen molar-refractivity contribution in [1.82, 2.24) is 15.5 Å². The van der Waals surface area contributed by atoms with Crippen molar-refractivity contribution in [2.45, 2.75) is 6.04 Å². The third kappa shape index (κ3) is 4.73. The molecule has 0 aliphatic heterocycles. The molecular weight excluding hydrogens is 430 g/mol. The summed E-state index contributed by atoms with van der Waals surface area (Å²) in [6, 6.07) is 20.7. The molecular formula is C24H20ClN3O4. The van der Waals surface area contributed by atoms with Crippen LogP contribution in [0.2, 0.25) is 5.02 Å². The van der Waals surface area contributed by atoms with Crippen molar-refractivity contribution in [1.29, 1.82) is 0 Å². The molecule has 0 aliphatic carbocycles. The van der Waals surface area contributed by atoms with Crippen LogP contribution >= 0.6 is 11.6 Å². The number of nitrogens with zero attached hydrogens (tertiary/aromatic N) is 2. The number of methoxy groups -OCH3 is 2. The SMILES string of the molecule is COc1cc(OC)cc(C(=O)NC(c2ccc(Cl)cc2)c2nnc(-c3ccccc3)o2)c1. The van der Waals surface area contributed by atoms with Gasteiger partial charge in [0.05, 0.1) is 14.2 Å². The Morgan fingerprint density at radius 3 is 2.22 bits per heavy atom. The number of rotatable bonds is 7. The van der Waals surface area contributed by atoms with Gasteiger partial charge in [0, 0.05) is 22.2 Å². The van der Waals surface area contributed by atoms with E-state index in [0.29, 0.717) is 28.0 Å². The molecule has 1 heterocycles. The van der Waals surface area contributed by atoms with E-state index in [1.165, 1.54) is 14.2 Å². The summed E-state index contributed by atoms with van der Waals surface area (Å²) >= 11 is 6.05. The zero-order valence-corrected chi connectivity index (χ0v) is 18.2. The van der Waals surface area contributed by atoms with Gasteiger partial charge in [-0.1, -0.05) is 41.9 Å². The summed E-state index contributed by atoms with van der Waals surface area (Å²) < 4.78 is 16.5. The number of aromatic nitrogens is 2. The lowest BCUT2D eigenvalue weighted by Crippen LogP contribution is -2.29. The summed E-state index contributed by atoms with van der Waals surface area (Å²) in [6.07, 6.45) is 0. The fourth-order valence-electron chi connectivity index (χ4n) is 3.14. The van der Waals surface area contributed by atoms with Gasteiger partial charge in [-0.3, -0.25) is 4.79 Å². The van der Waals surface area contributed by atoms with Gasteiger partial charge in [-0.05, 0) is 42.0 Å². The standard InChI is InChI=1S/C24H20ClN3O4/c1-30-19-12-17(13-20(14-19)31-2)22(29)26-21(15-8-10-18(25)11-9-15)24-28-27-23(32-24)16-6-4-3-5-7-16/h3-14,21H,1-2H3,(H,26,29). The fourth-order valence-corrected chi connectivity index (χ4v) is 3.27. The highest BCUT2D eigenvalue weighted by Gasteiger charge is 2.24. The molecule has 8 heteroatoms. The minimum atomic E-state index is -0.693. The van der Waals surface area contributed by atoms with Crippen molar-refractivity contribution in [2.75, 3.05) is 14.2 Å². The van der Waals surface area contributed by atoms with Crippen LogP contribution in [0.4, 0.5) is 0 Å². The molecule has 162 valence electrons. The van der Waals surface area contributed by atoms with E-state index in [4.69, 9.17) is 25.5 Å². The van der Waals surface area contributed by atoms with Crippen LogP contribution in [0.5, 0.6) is 11.5 Å². The lowest BCUT2D eigenvalue weighted by molar-refractivity contribution is 0.0937. The van der Waals surface area contributed by atoms with Crippen LogP contribution in [0, 0.1) is 0 Å². The fraction of sp³-hybridized carbons (Fsp3) is 0.125. The number of amides is 1. The van der Waals surface area contributed by atoms with E-state index in [1.807, 2.05) is 30.3 Å². The molecule has 0 saturated carbocycles. The van der Waals surface area contributed by atoms with Gasteiger partial charge in [0.1, 0.15) is 17.5 Å². The van der Waals surface area contributed by atoms with Gasteiger partial charge in [0.15, 0.2) is 0 Å². The van der Waals surface area contributed by atoms with Crippen molar-refractivity contribution in [3.8, 4) is 23.0 Å². The Hall–Kier alpha value is -3.84. The minimum Gasteiger partial charge on any atom is -0.497 e. The number of ether oxygens (including phenoxy) is 2. The first kappa shape index (κ1) is 21.4. The van der Waals surface area contributed by atoms with E-state index in [9.17, 15) is 4.79 Å². The Kier molecular flexibility index (Phi) is 6.37. The second-order valence-electron chi connectivity index (χ2n) is 6.87. The Morgan fingerprint density at radius 1 is 0.938 bits per heavy atom. The maximum atomic E-state index is 13.1. The number of carbonyl (C=O) groups is 1. The van der Waals surface area contributed by atoms with Crippen LogP contribution < -0.4 is 14.8 Å². The number of nitrogens with one attached hydrogen (secondary N) is 1. The number of benzene rings is 3. The predicted molar refractivity (Wildman–Crippen MR) is 120 cm³/mol. The number of hydrogen-bond acceptors (Lipinski definition) is 6. The molecule has 7 nitrogen and oxygen atoms in total. The highest BCUT2D eigenvalue weighted by Crippen LogP contribution is 2.28. The van der Waals surface area contributed by atoms with Crippen LogP contribution in [0.3, 0.4) is 0 Å². The third-order valence-electron chi connectivity index (χ3n) is 4.80. The van der Waals surface area contributed by atoms with Gasteiger partial charge < -0.3 is 19.2 Å². The van der Waals surface area contributed by atoms with Gasteiger partial charge in [0.2, 0.25) is 11.8 Å². The summed E-state index contributed by atoms with van der Waals surface area (Å²) in [5, 5.41) is 11.9. The van der Waals surface area contributed by atoms with Crippen LogP contribution in [0.15, 0.2) is 77.2 Å². The van der Waals surface area contributed by atoms with Gasteiger partial charge >= 0.3 is 0 Å². The average Bonchev–Trinajstić information content (AvgIpc) is 3.33. The van der Waals surface area contributed by atoms with Gasteiger partial charge in [-0.25, -0.2) is 0 Å². The summed E-state index contributed by atoms with van der Waals surface area (Å²) in [7, 11) is 3.05. The number of halogens is 1. The molecule has 32 heavy (non-hydrogen) atoms. The zero-order valence-electron chi connectivity index (χ0n) is 17.4. The monoisotopic (exact) mass is 449 g/mol. The quantitative estimate of drug-likeness (QED) is 0.430. The molecule has 1 unspecified atom stereocenters. The molecule has 1 aromatic heterocycles. The van der Waals surface area contributed by atoms with Crippen molar-refractivity contribution in [3.05, 3.63) is 94.8 Å². The van der Waals surface area contributed by atoms with Crippen molar-refractivity contribution >= 4 is 17.5 Å². The van der Waals surface area contributed by atoms with Crippen LogP contribution in [0.25, 0.3) is 11.5 Å². The second-order valence-corrected chi connectivity index (χ2v) is 7.31. The van der Waals surface area contributed by atoms with Crippen LogP contribution in [-0.2, 0) is 0 Å². The zero-order chi connectivity index (χ0) is 22.5. The highest BCUT2D eigenvalue weighted by molar-refractivity contribution is 6.30. The van der Waals surface area contributed by atoms with E-state index in [0.717, 1.165) is 11.1 Å². The van der Waals surface area contributed by atoms with E-state index in [1.54, 1.807) is 42.5 Å². The first-order valence-corrected chi connectivity index (χ1v) is 10.1. The Balaban J connectivity index is 1.69. The number of carbonyl (C=O) groups excluding carboxylic acids is 1. The Labute approximate surface area is 190 Å². The lowest BCUT2D eigenvalue weighted by Gasteiger charge is -2.17. The maximum Gasteiger partial charge on any atom is 0.252 e. The minimum absolute atomic E-state index is 0.245. The normalized spacial score (nSPS) is 11.6. The van der Waals surface area contributed by atoms with Crippen molar-refractivity contribution in [3.63, 3.8) is 0 Å². The Bertz CT molecular complexity index is 1190. The largest absolute Gasteiger partial charge is 0.497 e. The second kappa shape index (κ2) is 9.53. The summed E-state index contributed by atoms with van der Waals surface area (Å²) in [5.41, 5.74) is 1.88. The molecule has 1 amide bonds. The van der Waals surface area contributed by atoms with Gasteiger partial charge in [-0.15, -0.1) is 10.2 Å². The molecule has 4 rings (SSSR count). The molecule has 3 aromatic carbocycles. The predicted octanol–water partition coefficient (Wildman–Crippen LogP) is 4.93. The van der Waals surface area contributed by atoms with Crippen LogP contribution in [0.1, 0.15) is 27.9 Å². The molecule has 0 aliphatic rings. The smallest absolute Gasteiger partial charge is 0.252 e. The van der Waals surface area contributed by atoms with E-state index in [-0.39, 0.29) is 11.8 Å². The molecule has 0 spiro atoms. The van der Waals surface area contributed by atoms with E-state index in [2.05, 4.69) is 15.5 Å². The molecule has 1 atom stereocenters. The lowest BCUT2D eigenvalue weighted by atomic mass is 10.1. The molecule has 0 bridgehead atoms. The van der Waals surface area contributed by atoms with E-state index < -0.39 is 6.04 Å². The first-order valence-electron chi connectivity index (χ1n) is 9.75. The maximum absolute atomic E-state index is 13.1. The third-order valence-corrected chi connectivity index (χ3v) is 5.05. The highest BCUT2D eigenvalue weighted by atomic mass is 35.5.